The molecule has 0 unspecified atom stereocenters. The van der Waals surface area contributed by atoms with Crippen LogP contribution in [0.2, 0.25) is 0 Å². The van der Waals surface area contributed by atoms with Crippen LogP contribution in [0.3, 0.4) is 0 Å². The van der Waals surface area contributed by atoms with Crippen molar-refractivity contribution >= 4 is 17.5 Å². The third kappa shape index (κ3) is 7.79. The van der Waals surface area contributed by atoms with Gasteiger partial charge in [0.1, 0.15) is 42.7 Å². The lowest BCUT2D eigenvalue weighted by Gasteiger charge is -2.16. The third-order valence-corrected chi connectivity index (χ3v) is 4.89. The van der Waals surface area contributed by atoms with Crippen molar-refractivity contribution in [3.8, 4) is 17.2 Å². The monoisotopic (exact) mass is 454 g/mol. The maximum atomic E-state index is 11.8. The Labute approximate surface area is 194 Å². The highest BCUT2D eigenvalue weighted by atomic mass is 16.5. The number of benzene rings is 2. The van der Waals surface area contributed by atoms with E-state index in [4.69, 9.17) is 9.47 Å². The number of rotatable bonds is 13. The Morgan fingerprint density at radius 1 is 1.00 bits per heavy atom. The highest BCUT2D eigenvalue weighted by Gasteiger charge is 2.16. The Bertz CT molecular complexity index is 1010. The maximum Gasteiger partial charge on any atom is 0.313 e. The minimum atomic E-state index is -0.549. The standard InChI is InChI=1S/C26H30O7/c1-5-6-23-24(12-11-22(18(3)27)26(23)30)33-16-17(2)15-32-21-9-7-19(8-10-21)13-20(28)14-25(29)31-4/h7-12,30H,2,5-6,13-16H2,1,3-4H3. The van der Waals surface area contributed by atoms with Crippen LogP contribution in [0.4, 0.5) is 0 Å². The second-order valence-corrected chi connectivity index (χ2v) is 7.68. The molecule has 0 spiro atoms. The van der Waals surface area contributed by atoms with Gasteiger partial charge in [-0.3, -0.25) is 14.4 Å². The minimum Gasteiger partial charge on any atom is -0.507 e. The fraction of sp³-hybridized carbons (Fsp3) is 0.346. The van der Waals surface area contributed by atoms with Gasteiger partial charge in [-0.25, -0.2) is 0 Å². The molecule has 0 radical (unpaired) electrons. The number of hydrogen-bond acceptors (Lipinski definition) is 7. The molecule has 33 heavy (non-hydrogen) atoms. The number of methoxy groups -OCH3 is 1. The van der Waals surface area contributed by atoms with Crippen LogP contribution in [0.1, 0.15) is 48.2 Å². The summed E-state index contributed by atoms with van der Waals surface area (Å²) >= 11 is 0. The van der Waals surface area contributed by atoms with Crippen molar-refractivity contribution in [1.29, 1.82) is 0 Å². The molecule has 2 aromatic rings. The largest absolute Gasteiger partial charge is 0.507 e. The van der Waals surface area contributed by atoms with Crippen LogP contribution in [-0.4, -0.2) is 43.0 Å². The van der Waals surface area contributed by atoms with Gasteiger partial charge in [0, 0.05) is 12.0 Å². The van der Waals surface area contributed by atoms with Gasteiger partial charge in [-0.05, 0) is 48.7 Å². The van der Waals surface area contributed by atoms with Gasteiger partial charge < -0.3 is 19.3 Å². The molecule has 2 aromatic carbocycles. The van der Waals surface area contributed by atoms with Gasteiger partial charge >= 0.3 is 5.97 Å². The highest BCUT2D eigenvalue weighted by Crippen LogP contribution is 2.33. The van der Waals surface area contributed by atoms with Gasteiger partial charge in [0.2, 0.25) is 0 Å². The second kappa shape index (κ2) is 12.4. The summed E-state index contributed by atoms with van der Waals surface area (Å²) in [6.07, 6.45) is 1.27. The van der Waals surface area contributed by atoms with E-state index in [1.807, 2.05) is 6.92 Å². The van der Waals surface area contributed by atoms with Crippen molar-refractivity contribution in [3.63, 3.8) is 0 Å². The molecule has 0 aliphatic rings. The Morgan fingerprint density at radius 3 is 2.27 bits per heavy atom. The van der Waals surface area contributed by atoms with E-state index in [0.29, 0.717) is 29.1 Å². The summed E-state index contributed by atoms with van der Waals surface area (Å²) in [6, 6.07) is 10.3. The van der Waals surface area contributed by atoms with Crippen molar-refractivity contribution < 1.29 is 33.7 Å². The lowest BCUT2D eigenvalue weighted by molar-refractivity contribution is -0.143. The average Bonchev–Trinajstić information content (AvgIpc) is 2.78. The van der Waals surface area contributed by atoms with Crippen LogP contribution >= 0.6 is 0 Å². The molecule has 1 N–H and O–H groups in total. The summed E-state index contributed by atoms with van der Waals surface area (Å²) < 4.78 is 16.0. The van der Waals surface area contributed by atoms with E-state index in [9.17, 15) is 19.5 Å². The van der Waals surface area contributed by atoms with E-state index in [1.165, 1.54) is 14.0 Å². The lowest BCUT2D eigenvalue weighted by atomic mass is 10.0. The topological polar surface area (TPSA) is 99.1 Å². The number of phenolic OH excluding ortho intramolecular Hbond substituents is 1. The van der Waals surface area contributed by atoms with Gasteiger partial charge in [0.25, 0.3) is 0 Å². The Balaban J connectivity index is 1.88. The summed E-state index contributed by atoms with van der Waals surface area (Å²) in [6.45, 7) is 7.78. The predicted molar refractivity (Wildman–Crippen MR) is 124 cm³/mol. The fourth-order valence-corrected chi connectivity index (χ4v) is 3.16. The Hall–Kier alpha value is -3.61. The lowest BCUT2D eigenvalue weighted by Crippen LogP contribution is -2.11. The molecular weight excluding hydrogens is 424 g/mol. The summed E-state index contributed by atoms with van der Waals surface area (Å²) in [7, 11) is 1.25. The van der Waals surface area contributed by atoms with Crippen molar-refractivity contribution in [2.75, 3.05) is 20.3 Å². The number of Topliss-reactive ketones (excluding diaryl/α,β-unsaturated/α-hetero) is 2. The van der Waals surface area contributed by atoms with Crippen molar-refractivity contribution in [2.45, 2.75) is 39.5 Å². The first kappa shape index (κ1) is 25.6. The predicted octanol–water partition coefficient (Wildman–Crippen LogP) is 4.24. The fourth-order valence-electron chi connectivity index (χ4n) is 3.16. The van der Waals surface area contributed by atoms with Gasteiger partial charge in [-0.1, -0.05) is 32.1 Å². The molecule has 0 aliphatic heterocycles. The van der Waals surface area contributed by atoms with E-state index in [-0.39, 0.29) is 48.9 Å². The minimum absolute atomic E-state index is 0.0335. The number of carbonyl (C=O) groups is 3. The number of hydrogen-bond donors (Lipinski definition) is 1. The molecule has 0 atom stereocenters. The van der Waals surface area contributed by atoms with Gasteiger partial charge in [-0.2, -0.15) is 0 Å². The van der Waals surface area contributed by atoms with Gasteiger partial charge in [0.15, 0.2) is 5.78 Å². The zero-order valence-electron chi connectivity index (χ0n) is 19.3. The molecular formula is C26H30O7. The van der Waals surface area contributed by atoms with E-state index in [0.717, 1.165) is 12.0 Å². The number of phenols is 1. The van der Waals surface area contributed by atoms with Gasteiger partial charge in [0.05, 0.1) is 12.7 Å². The molecule has 0 bridgehead atoms. The van der Waals surface area contributed by atoms with Crippen molar-refractivity contribution in [1.82, 2.24) is 0 Å². The number of esters is 1. The molecule has 0 amide bonds. The molecule has 7 nitrogen and oxygen atoms in total. The van der Waals surface area contributed by atoms with Crippen molar-refractivity contribution in [2.24, 2.45) is 0 Å². The van der Waals surface area contributed by atoms with Crippen molar-refractivity contribution in [3.05, 3.63) is 65.2 Å². The van der Waals surface area contributed by atoms with Crippen LogP contribution < -0.4 is 9.47 Å². The van der Waals surface area contributed by atoms with Crippen LogP contribution in [0.15, 0.2) is 48.6 Å². The molecule has 2 rings (SSSR count). The van der Waals surface area contributed by atoms with E-state index in [2.05, 4.69) is 11.3 Å². The van der Waals surface area contributed by atoms with Crippen LogP contribution in [-0.2, 0) is 27.2 Å². The maximum absolute atomic E-state index is 11.8. The summed E-state index contributed by atoms with van der Waals surface area (Å²) in [4.78, 5) is 34.7. The summed E-state index contributed by atoms with van der Waals surface area (Å²) in [5, 5.41) is 10.4. The molecule has 0 heterocycles. The number of ketones is 2. The first-order chi connectivity index (χ1) is 15.7. The molecule has 0 saturated carbocycles. The quantitative estimate of drug-likeness (QED) is 0.209. The molecule has 176 valence electrons. The molecule has 0 aliphatic carbocycles. The third-order valence-electron chi connectivity index (χ3n) is 4.89. The second-order valence-electron chi connectivity index (χ2n) is 7.68. The SMILES string of the molecule is C=C(COc1ccc(CC(=O)CC(=O)OC)cc1)COc1ccc(C(C)=O)c(O)c1CCC. The molecule has 0 aromatic heterocycles. The van der Waals surface area contributed by atoms with Gasteiger partial charge in [-0.15, -0.1) is 0 Å². The molecule has 0 saturated heterocycles. The first-order valence-electron chi connectivity index (χ1n) is 10.7. The number of aromatic hydroxyl groups is 1. The number of ether oxygens (including phenoxy) is 3. The highest BCUT2D eigenvalue weighted by molar-refractivity contribution is 5.97. The summed E-state index contributed by atoms with van der Waals surface area (Å²) in [5.74, 6) is 0.122. The first-order valence-corrected chi connectivity index (χ1v) is 10.7. The Morgan fingerprint density at radius 2 is 1.67 bits per heavy atom. The van der Waals surface area contributed by atoms with E-state index < -0.39 is 5.97 Å². The number of carbonyl (C=O) groups excluding carboxylic acids is 3. The van der Waals surface area contributed by atoms with Crippen LogP contribution in [0, 0.1) is 0 Å². The zero-order valence-corrected chi connectivity index (χ0v) is 19.3. The normalized spacial score (nSPS) is 10.4. The molecule has 7 heteroatoms. The summed E-state index contributed by atoms with van der Waals surface area (Å²) in [5.41, 5.74) is 2.35. The smallest absolute Gasteiger partial charge is 0.313 e. The van der Waals surface area contributed by atoms with Crippen LogP contribution in [0.5, 0.6) is 17.2 Å². The van der Waals surface area contributed by atoms with E-state index in [1.54, 1.807) is 36.4 Å². The zero-order chi connectivity index (χ0) is 24.4. The Kier molecular flexibility index (Phi) is 9.66. The van der Waals surface area contributed by atoms with Crippen LogP contribution in [0.25, 0.3) is 0 Å². The molecule has 0 fully saturated rings. The average molecular weight is 455 g/mol. The van der Waals surface area contributed by atoms with E-state index >= 15 is 0 Å².